The van der Waals surface area contributed by atoms with Crippen LogP contribution in [-0.2, 0) is 0 Å². The number of aliphatic hydroxyl groups is 1. The average Bonchev–Trinajstić information content (AvgIpc) is 2.16. The third-order valence-electron chi connectivity index (χ3n) is 3.04. The molecular formula is C12H29N3O. The molecule has 4 heteroatoms. The highest BCUT2D eigenvalue weighted by atomic mass is 16.3. The molecule has 0 rings (SSSR count). The van der Waals surface area contributed by atoms with E-state index in [1.54, 1.807) is 0 Å². The molecule has 0 bridgehead atoms. The van der Waals surface area contributed by atoms with Gasteiger partial charge in [0.2, 0.25) is 0 Å². The summed E-state index contributed by atoms with van der Waals surface area (Å²) in [4.78, 5) is 6.50. The molecule has 0 amide bonds. The van der Waals surface area contributed by atoms with Gasteiger partial charge in [0, 0.05) is 0 Å². The predicted molar refractivity (Wildman–Crippen MR) is 69.1 cm³/mol. The maximum atomic E-state index is 9.99. The van der Waals surface area contributed by atoms with E-state index in [0.717, 1.165) is 12.8 Å². The molecule has 0 aromatic carbocycles. The molecule has 3 atom stereocenters. The van der Waals surface area contributed by atoms with Crippen LogP contribution in [0.4, 0.5) is 0 Å². The summed E-state index contributed by atoms with van der Waals surface area (Å²) in [6.45, 7) is 6.16. The lowest BCUT2D eigenvalue weighted by molar-refractivity contribution is -0.116. The predicted octanol–water partition coefficient (Wildman–Crippen LogP) is 1.22. The minimum atomic E-state index is -0.431. The van der Waals surface area contributed by atoms with Crippen molar-refractivity contribution in [1.29, 1.82) is 0 Å². The van der Waals surface area contributed by atoms with Crippen LogP contribution in [0.2, 0.25) is 0 Å². The summed E-state index contributed by atoms with van der Waals surface area (Å²) in [5.41, 5.74) is 0. The van der Waals surface area contributed by atoms with Crippen molar-refractivity contribution >= 4 is 0 Å². The summed E-state index contributed by atoms with van der Waals surface area (Å²) >= 11 is 0. The van der Waals surface area contributed by atoms with Crippen LogP contribution in [0.25, 0.3) is 0 Å². The first-order chi connectivity index (χ1) is 7.36. The summed E-state index contributed by atoms with van der Waals surface area (Å²) in [5.74, 6) is 0. The van der Waals surface area contributed by atoms with Crippen molar-refractivity contribution in [2.24, 2.45) is 0 Å². The Morgan fingerprint density at radius 2 is 1.19 bits per heavy atom. The van der Waals surface area contributed by atoms with Crippen LogP contribution in [0.15, 0.2) is 0 Å². The molecule has 98 valence electrons. The van der Waals surface area contributed by atoms with Crippen LogP contribution in [0.1, 0.15) is 33.6 Å². The van der Waals surface area contributed by atoms with Gasteiger partial charge >= 0.3 is 0 Å². The summed E-state index contributed by atoms with van der Waals surface area (Å²) in [6.07, 6.45) is 2.11. The van der Waals surface area contributed by atoms with Crippen molar-refractivity contribution in [2.45, 2.75) is 52.2 Å². The average molecular weight is 231 g/mol. The summed E-state index contributed by atoms with van der Waals surface area (Å²) in [7, 11) is 8.25. The monoisotopic (exact) mass is 231 g/mol. The molecule has 3 unspecified atom stereocenters. The SMILES string of the molecule is CCC(N(C)C)N(C(C)O)C(CC)N(C)C. The first-order valence-electron chi connectivity index (χ1n) is 6.15. The lowest BCUT2D eigenvalue weighted by Gasteiger charge is -2.44. The van der Waals surface area contributed by atoms with Crippen molar-refractivity contribution in [3.05, 3.63) is 0 Å². The Labute approximate surface area is 101 Å². The molecule has 0 spiro atoms. The van der Waals surface area contributed by atoms with Gasteiger partial charge in [0.1, 0.15) is 6.23 Å². The van der Waals surface area contributed by atoms with E-state index in [9.17, 15) is 5.11 Å². The molecule has 0 heterocycles. The van der Waals surface area contributed by atoms with Crippen molar-refractivity contribution in [2.75, 3.05) is 28.2 Å². The molecular weight excluding hydrogens is 202 g/mol. The van der Waals surface area contributed by atoms with Gasteiger partial charge in [-0.3, -0.25) is 9.80 Å². The molecule has 0 fully saturated rings. The lowest BCUT2D eigenvalue weighted by atomic mass is 10.2. The van der Waals surface area contributed by atoms with Gasteiger partial charge in [0.15, 0.2) is 0 Å². The third kappa shape index (κ3) is 4.01. The molecule has 0 aromatic heterocycles. The van der Waals surface area contributed by atoms with Crippen LogP contribution in [0.3, 0.4) is 0 Å². The Bertz CT molecular complexity index is 167. The maximum absolute atomic E-state index is 9.99. The van der Waals surface area contributed by atoms with Gasteiger partial charge in [0.05, 0.1) is 12.3 Å². The number of aliphatic hydroxyl groups excluding tert-OH is 1. The normalized spacial score (nSPS) is 18.2. The fourth-order valence-corrected chi connectivity index (χ4v) is 2.38. The first-order valence-corrected chi connectivity index (χ1v) is 6.15. The Morgan fingerprint density at radius 3 is 1.31 bits per heavy atom. The van der Waals surface area contributed by atoms with E-state index < -0.39 is 6.23 Å². The van der Waals surface area contributed by atoms with Crippen LogP contribution < -0.4 is 0 Å². The first kappa shape index (κ1) is 15.8. The van der Waals surface area contributed by atoms with Gasteiger partial charge in [-0.2, -0.15) is 0 Å². The standard InChI is InChI=1S/C12H29N3O/c1-8-11(13(4)5)15(10(3)16)12(9-2)14(6)7/h10-12,16H,8-9H2,1-7H3. The largest absolute Gasteiger partial charge is 0.379 e. The van der Waals surface area contributed by atoms with Crippen LogP contribution in [0, 0.1) is 0 Å². The number of nitrogens with zero attached hydrogens (tertiary/aromatic N) is 3. The van der Waals surface area contributed by atoms with Crippen LogP contribution in [0.5, 0.6) is 0 Å². The summed E-state index contributed by atoms with van der Waals surface area (Å²) in [6, 6.07) is 0. The van der Waals surface area contributed by atoms with Crippen molar-refractivity contribution in [3.8, 4) is 0 Å². The highest BCUT2D eigenvalue weighted by molar-refractivity contribution is 4.75. The van der Waals surface area contributed by atoms with E-state index in [2.05, 4.69) is 56.7 Å². The molecule has 0 saturated heterocycles. The second-order valence-electron chi connectivity index (χ2n) is 4.78. The van der Waals surface area contributed by atoms with Gasteiger partial charge in [-0.25, -0.2) is 4.90 Å². The zero-order valence-corrected chi connectivity index (χ0v) is 11.9. The molecule has 0 radical (unpaired) electrons. The van der Waals surface area contributed by atoms with Crippen molar-refractivity contribution < 1.29 is 5.11 Å². The van der Waals surface area contributed by atoms with Crippen LogP contribution >= 0.6 is 0 Å². The fraction of sp³-hybridized carbons (Fsp3) is 1.00. The summed E-state index contributed by atoms with van der Waals surface area (Å²) < 4.78 is 0. The molecule has 0 aliphatic rings. The van der Waals surface area contributed by atoms with Gasteiger partial charge in [-0.05, 0) is 48.0 Å². The Balaban J connectivity index is 4.95. The third-order valence-corrected chi connectivity index (χ3v) is 3.04. The van der Waals surface area contributed by atoms with Gasteiger partial charge < -0.3 is 5.11 Å². The van der Waals surface area contributed by atoms with Gasteiger partial charge in [0.25, 0.3) is 0 Å². The zero-order chi connectivity index (χ0) is 12.9. The number of rotatable bonds is 7. The highest BCUT2D eigenvalue weighted by Gasteiger charge is 2.30. The quantitative estimate of drug-likeness (QED) is 0.667. The molecule has 4 nitrogen and oxygen atoms in total. The maximum Gasteiger partial charge on any atom is 0.107 e. The van der Waals surface area contributed by atoms with E-state index >= 15 is 0 Å². The second-order valence-corrected chi connectivity index (χ2v) is 4.78. The minimum absolute atomic E-state index is 0.271. The van der Waals surface area contributed by atoms with E-state index in [-0.39, 0.29) is 12.3 Å². The zero-order valence-electron chi connectivity index (χ0n) is 11.9. The van der Waals surface area contributed by atoms with Crippen molar-refractivity contribution in [3.63, 3.8) is 0 Å². The minimum Gasteiger partial charge on any atom is -0.379 e. The molecule has 0 aliphatic heterocycles. The summed E-state index contributed by atoms with van der Waals surface area (Å²) in [5, 5.41) is 9.99. The number of hydrogen-bond donors (Lipinski definition) is 1. The van der Waals surface area contributed by atoms with Crippen LogP contribution in [-0.4, -0.2) is 66.6 Å². The fourth-order valence-electron chi connectivity index (χ4n) is 2.38. The van der Waals surface area contributed by atoms with E-state index in [4.69, 9.17) is 0 Å². The highest BCUT2D eigenvalue weighted by Crippen LogP contribution is 2.18. The molecule has 0 saturated carbocycles. The Morgan fingerprint density at radius 1 is 0.875 bits per heavy atom. The van der Waals surface area contributed by atoms with E-state index in [1.165, 1.54) is 0 Å². The topological polar surface area (TPSA) is 30.0 Å². The molecule has 0 aliphatic carbocycles. The lowest BCUT2D eigenvalue weighted by Crippen LogP contribution is -2.57. The molecule has 0 aromatic rings. The van der Waals surface area contributed by atoms with Crippen molar-refractivity contribution in [1.82, 2.24) is 14.7 Å². The Hall–Kier alpha value is -0.160. The van der Waals surface area contributed by atoms with E-state index in [0.29, 0.717) is 0 Å². The van der Waals surface area contributed by atoms with E-state index in [1.807, 2.05) is 6.92 Å². The Kier molecular flexibility index (Phi) is 7.15. The smallest absolute Gasteiger partial charge is 0.107 e. The molecule has 1 N–H and O–H groups in total. The number of hydrogen-bond acceptors (Lipinski definition) is 4. The van der Waals surface area contributed by atoms with Gasteiger partial charge in [-0.1, -0.05) is 13.8 Å². The molecule has 16 heavy (non-hydrogen) atoms. The van der Waals surface area contributed by atoms with Gasteiger partial charge in [-0.15, -0.1) is 0 Å². The second kappa shape index (κ2) is 7.22.